The summed E-state index contributed by atoms with van der Waals surface area (Å²) in [7, 11) is 0. The molecule has 0 bridgehead atoms. The first-order valence-corrected chi connectivity index (χ1v) is 8.71. The number of nitrogens with one attached hydrogen (secondary N) is 1. The van der Waals surface area contributed by atoms with Crippen molar-refractivity contribution in [1.82, 2.24) is 5.32 Å². The summed E-state index contributed by atoms with van der Waals surface area (Å²) in [5.74, 6) is -0.276. The lowest BCUT2D eigenvalue weighted by molar-refractivity contribution is -0.124. The minimum Gasteiger partial charge on any atom is -0.491 e. The van der Waals surface area contributed by atoms with Crippen molar-refractivity contribution in [1.29, 1.82) is 0 Å². The lowest BCUT2D eigenvalue weighted by Gasteiger charge is -2.14. The Morgan fingerprint density at radius 1 is 1.08 bits per heavy atom. The Hall–Kier alpha value is -2.53. The van der Waals surface area contributed by atoms with Crippen LogP contribution in [0.5, 0.6) is 5.75 Å². The van der Waals surface area contributed by atoms with E-state index in [-0.39, 0.29) is 24.7 Å². The maximum absolute atomic E-state index is 12.0. The first-order valence-electron chi connectivity index (χ1n) is 8.34. The van der Waals surface area contributed by atoms with Gasteiger partial charge in [0, 0.05) is 5.02 Å². The summed E-state index contributed by atoms with van der Waals surface area (Å²) in [6, 6.07) is 13.6. The van der Waals surface area contributed by atoms with Gasteiger partial charge in [-0.2, -0.15) is 0 Å². The zero-order valence-corrected chi connectivity index (χ0v) is 15.7. The molecule has 0 heterocycles. The van der Waals surface area contributed by atoms with Crippen LogP contribution in [0.25, 0.3) is 0 Å². The van der Waals surface area contributed by atoms with Crippen LogP contribution in [0.1, 0.15) is 42.7 Å². The molecule has 1 amide bonds. The molecule has 0 aliphatic heterocycles. The number of rotatable bonds is 7. The topological polar surface area (TPSA) is 64.6 Å². The van der Waals surface area contributed by atoms with E-state index < -0.39 is 5.97 Å². The fourth-order valence-corrected chi connectivity index (χ4v) is 2.50. The predicted molar refractivity (Wildman–Crippen MR) is 100 cm³/mol. The Bertz CT molecular complexity index is 759. The zero-order chi connectivity index (χ0) is 19.1. The Balaban J connectivity index is 1.83. The van der Waals surface area contributed by atoms with E-state index in [1.54, 1.807) is 36.4 Å². The molecule has 0 saturated heterocycles. The molecule has 138 valence electrons. The highest BCUT2D eigenvalue weighted by molar-refractivity contribution is 6.30. The first kappa shape index (κ1) is 19.8. The Morgan fingerprint density at radius 3 is 2.38 bits per heavy atom. The van der Waals surface area contributed by atoms with E-state index in [0.29, 0.717) is 16.3 Å². The van der Waals surface area contributed by atoms with Crippen molar-refractivity contribution in [3.63, 3.8) is 0 Å². The fraction of sp³-hybridized carbons (Fsp3) is 0.300. The number of amides is 1. The van der Waals surface area contributed by atoms with E-state index in [1.807, 2.05) is 32.9 Å². The Morgan fingerprint density at radius 2 is 1.77 bits per heavy atom. The van der Waals surface area contributed by atoms with Gasteiger partial charge in [-0.1, -0.05) is 23.7 Å². The quantitative estimate of drug-likeness (QED) is 0.738. The average molecular weight is 376 g/mol. The van der Waals surface area contributed by atoms with Gasteiger partial charge in [0.2, 0.25) is 0 Å². The predicted octanol–water partition coefficient (Wildman–Crippen LogP) is 4.16. The molecule has 0 aliphatic rings. The molecule has 0 spiro atoms. The summed E-state index contributed by atoms with van der Waals surface area (Å²) < 4.78 is 10.6. The zero-order valence-electron chi connectivity index (χ0n) is 15.0. The van der Waals surface area contributed by atoms with Gasteiger partial charge in [-0.3, -0.25) is 4.79 Å². The molecular weight excluding hydrogens is 354 g/mol. The van der Waals surface area contributed by atoms with Gasteiger partial charge in [0.25, 0.3) is 5.91 Å². The number of hydrogen-bond donors (Lipinski definition) is 1. The van der Waals surface area contributed by atoms with E-state index in [2.05, 4.69) is 5.32 Å². The van der Waals surface area contributed by atoms with Crippen molar-refractivity contribution in [2.45, 2.75) is 32.9 Å². The highest BCUT2D eigenvalue weighted by Crippen LogP contribution is 2.17. The molecule has 26 heavy (non-hydrogen) atoms. The number of carbonyl (C=O) groups excluding carboxylic acids is 2. The summed E-state index contributed by atoms with van der Waals surface area (Å²) in [4.78, 5) is 24.0. The van der Waals surface area contributed by atoms with Gasteiger partial charge in [0.05, 0.1) is 17.7 Å². The van der Waals surface area contributed by atoms with Crippen molar-refractivity contribution in [3.05, 3.63) is 64.7 Å². The van der Waals surface area contributed by atoms with E-state index in [1.165, 1.54) is 0 Å². The lowest BCUT2D eigenvalue weighted by atomic mass is 10.1. The molecule has 0 aromatic heterocycles. The largest absolute Gasteiger partial charge is 0.491 e. The van der Waals surface area contributed by atoms with Crippen LogP contribution in [0.4, 0.5) is 0 Å². The summed E-state index contributed by atoms with van der Waals surface area (Å²) in [6.45, 7) is 5.32. The third-order valence-electron chi connectivity index (χ3n) is 3.52. The molecule has 2 aromatic carbocycles. The van der Waals surface area contributed by atoms with Crippen LogP contribution in [0.15, 0.2) is 48.5 Å². The van der Waals surface area contributed by atoms with Crippen LogP contribution in [0, 0.1) is 0 Å². The lowest BCUT2D eigenvalue weighted by Crippen LogP contribution is -2.31. The number of carbonyl (C=O) groups is 2. The number of ether oxygens (including phenoxy) is 2. The Labute approximate surface area is 158 Å². The molecule has 1 atom stereocenters. The molecule has 1 N–H and O–H groups in total. The van der Waals surface area contributed by atoms with E-state index in [0.717, 1.165) is 5.56 Å². The van der Waals surface area contributed by atoms with Crippen molar-refractivity contribution >= 4 is 23.5 Å². The number of hydrogen-bond acceptors (Lipinski definition) is 4. The molecule has 0 fully saturated rings. The van der Waals surface area contributed by atoms with Crippen LogP contribution < -0.4 is 10.1 Å². The normalized spacial score (nSPS) is 11.7. The van der Waals surface area contributed by atoms with Gasteiger partial charge in [0.1, 0.15) is 5.75 Å². The Kier molecular flexibility index (Phi) is 7.04. The van der Waals surface area contributed by atoms with Crippen LogP contribution in [0.2, 0.25) is 5.02 Å². The molecule has 0 unspecified atom stereocenters. The second-order valence-electron chi connectivity index (χ2n) is 6.11. The maximum Gasteiger partial charge on any atom is 0.338 e. The monoisotopic (exact) mass is 375 g/mol. The van der Waals surface area contributed by atoms with Crippen molar-refractivity contribution < 1.29 is 19.1 Å². The minimum atomic E-state index is -0.563. The van der Waals surface area contributed by atoms with Crippen molar-refractivity contribution in [3.8, 4) is 5.75 Å². The summed E-state index contributed by atoms with van der Waals surface area (Å²) >= 11 is 5.94. The first-order chi connectivity index (χ1) is 12.3. The van der Waals surface area contributed by atoms with Crippen LogP contribution in [0.3, 0.4) is 0 Å². The standard InChI is InChI=1S/C20H22ClNO4/c1-13(2)26-18-9-7-15(8-10-18)20(24)25-12-19(23)22-14(3)16-5-4-6-17(21)11-16/h4-11,13-14H,12H2,1-3H3,(H,22,23)/t14-/m0/s1. The van der Waals surface area contributed by atoms with Crippen molar-refractivity contribution in [2.75, 3.05) is 6.61 Å². The van der Waals surface area contributed by atoms with Gasteiger partial charge in [-0.15, -0.1) is 0 Å². The smallest absolute Gasteiger partial charge is 0.338 e. The van der Waals surface area contributed by atoms with Gasteiger partial charge in [-0.25, -0.2) is 4.79 Å². The highest BCUT2D eigenvalue weighted by atomic mass is 35.5. The molecule has 5 nitrogen and oxygen atoms in total. The molecule has 0 radical (unpaired) electrons. The summed E-state index contributed by atoms with van der Waals surface area (Å²) in [5, 5.41) is 3.36. The SMILES string of the molecule is CC(C)Oc1ccc(C(=O)OCC(=O)N[C@@H](C)c2cccc(Cl)c2)cc1. The third kappa shape index (κ3) is 6.08. The second-order valence-corrected chi connectivity index (χ2v) is 6.55. The second kappa shape index (κ2) is 9.25. The summed E-state index contributed by atoms with van der Waals surface area (Å²) in [6.07, 6.45) is 0.0537. The summed E-state index contributed by atoms with van der Waals surface area (Å²) in [5.41, 5.74) is 1.23. The molecule has 0 saturated carbocycles. The number of benzene rings is 2. The van der Waals surface area contributed by atoms with Crippen LogP contribution >= 0.6 is 11.6 Å². The van der Waals surface area contributed by atoms with E-state index >= 15 is 0 Å². The number of esters is 1. The van der Waals surface area contributed by atoms with Gasteiger partial charge < -0.3 is 14.8 Å². The molecule has 0 aliphatic carbocycles. The number of halogens is 1. The molecule has 6 heteroatoms. The molecule has 2 rings (SSSR count). The van der Waals surface area contributed by atoms with Crippen molar-refractivity contribution in [2.24, 2.45) is 0 Å². The van der Waals surface area contributed by atoms with Crippen LogP contribution in [-0.2, 0) is 9.53 Å². The highest BCUT2D eigenvalue weighted by Gasteiger charge is 2.13. The third-order valence-corrected chi connectivity index (χ3v) is 3.76. The van der Waals surface area contributed by atoms with Crippen LogP contribution in [-0.4, -0.2) is 24.6 Å². The van der Waals surface area contributed by atoms with Gasteiger partial charge >= 0.3 is 5.97 Å². The maximum atomic E-state index is 12.0. The van der Waals surface area contributed by atoms with E-state index in [9.17, 15) is 9.59 Å². The molecule has 2 aromatic rings. The average Bonchev–Trinajstić information content (AvgIpc) is 2.59. The minimum absolute atomic E-state index is 0.0537. The fourth-order valence-electron chi connectivity index (χ4n) is 2.30. The van der Waals surface area contributed by atoms with E-state index in [4.69, 9.17) is 21.1 Å². The molecular formula is C20H22ClNO4. The van der Waals surface area contributed by atoms with Gasteiger partial charge in [-0.05, 0) is 62.7 Å². The van der Waals surface area contributed by atoms with Gasteiger partial charge in [0.15, 0.2) is 6.61 Å².